The van der Waals surface area contributed by atoms with E-state index in [-0.39, 0.29) is 6.61 Å². The summed E-state index contributed by atoms with van der Waals surface area (Å²) >= 11 is 11.9. The molecule has 0 aliphatic carbocycles. The zero-order chi connectivity index (χ0) is 13.0. The van der Waals surface area contributed by atoms with Crippen molar-refractivity contribution in [1.29, 1.82) is 0 Å². The zero-order valence-corrected chi connectivity index (χ0v) is 10.8. The highest BCUT2D eigenvalue weighted by molar-refractivity contribution is 6.42. The first kappa shape index (κ1) is 12.9. The summed E-state index contributed by atoms with van der Waals surface area (Å²) in [7, 11) is 0. The van der Waals surface area contributed by atoms with Crippen molar-refractivity contribution in [2.24, 2.45) is 0 Å². The predicted octanol–water partition coefficient (Wildman–Crippen LogP) is 3.75. The monoisotopic (exact) mass is 281 g/mol. The van der Waals surface area contributed by atoms with Crippen LogP contribution in [0.3, 0.4) is 0 Å². The smallest absolute Gasteiger partial charge is 0.340 e. The zero-order valence-electron chi connectivity index (χ0n) is 9.27. The van der Waals surface area contributed by atoms with Gasteiger partial charge in [-0.25, -0.2) is 4.79 Å². The lowest BCUT2D eigenvalue weighted by atomic mass is 10.2. The van der Waals surface area contributed by atoms with E-state index in [4.69, 9.17) is 27.9 Å². The summed E-state index contributed by atoms with van der Waals surface area (Å²) in [6, 6.07) is 8.49. The summed E-state index contributed by atoms with van der Waals surface area (Å²) < 4.78 is 5.13. The summed E-state index contributed by atoms with van der Waals surface area (Å²) in [6.07, 6.45) is 3.03. The molecule has 1 aromatic heterocycles. The molecule has 0 N–H and O–H groups in total. The van der Waals surface area contributed by atoms with Gasteiger partial charge in [-0.15, -0.1) is 0 Å². The molecule has 0 spiro atoms. The van der Waals surface area contributed by atoms with Crippen LogP contribution in [0.2, 0.25) is 10.0 Å². The number of nitrogens with zero attached hydrogens (tertiary/aromatic N) is 1. The van der Waals surface area contributed by atoms with Gasteiger partial charge in [0.2, 0.25) is 0 Å². The molecule has 0 saturated carbocycles. The van der Waals surface area contributed by atoms with Crippen LogP contribution in [0, 0.1) is 0 Å². The maximum absolute atomic E-state index is 11.7. The first-order valence-corrected chi connectivity index (χ1v) is 5.94. The number of carbonyl (C=O) groups is 1. The van der Waals surface area contributed by atoms with Crippen molar-refractivity contribution >= 4 is 29.2 Å². The third-order valence-corrected chi connectivity index (χ3v) is 3.15. The first-order valence-electron chi connectivity index (χ1n) is 5.18. The van der Waals surface area contributed by atoms with Crippen molar-refractivity contribution in [3.8, 4) is 0 Å². The highest BCUT2D eigenvalue weighted by Gasteiger charge is 2.09. The van der Waals surface area contributed by atoms with Gasteiger partial charge in [0.25, 0.3) is 0 Å². The van der Waals surface area contributed by atoms with Crippen LogP contribution < -0.4 is 0 Å². The van der Waals surface area contributed by atoms with Crippen molar-refractivity contribution < 1.29 is 9.53 Å². The van der Waals surface area contributed by atoms with Gasteiger partial charge in [-0.3, -0.25) is 4.98 Å². The van der Waals surface area contributed by atoms with Crippen molar-refractivity contribution in [2.75, 3.05) is 0 Å². The summed E-state index contributed by atoms with van der Waals surface area (Å²) in [5, 5.41) is 0.838. The minimum Gasteiger partial charge on any atom is -0.457 e. The molecule has 5 heteroatoms. The van der Waals surface area contributed by atoms with E-state index in [2.05, 4.69) is 4.98 Å². The minimum absolute atomic E-state index is 0.0765. The molecule has 0 aliphatic heterocycles. The van der Waals surface area contributed by atoms with Gasteiger partial charge in [0.05, 0.1) is 15.6 Å². The second-order valence-electron chi connectivity index (χ2n) is 3.53. The van der Waals surface area contributed by atoms with Crippen molar-refractivity contribution in [3.05, 3.63) is 63.9 Å². The Hall–Kier alpha value is -1.58. The van der Waals surface area contributed by atoms with Crippen LogP contribution in [0.15, 0.2) is 42.7 Å². The number of hydrogen-bond donors (Lipinski definition) is 0. The maximum Gasteiger partial charge on any atom is 0.340 e. The molecule has 3 nitrogen and oxygen atoms in total. The number of carbonyl (C=O) groups excluding carboxylic acids is 1. The Labute approximate surface area is 114 Å². The number of ether oxygens (including phenoxy) is 1. The molecule has 92 valence electrons. The van der Waals surface area contributed by atoms with Crippen LogP contribution in [0.4, 0.5) is 0 Å². The summed E-state index contributed by atoms with van der Waals surface area (Å²) in [5.41, 5.74) is 1.07. The largest absolute Gasteiger partial charge is 0.457 e. The van der Waals surface area contributed by atoms with Gasteiger partial charge in [-0.1, -0.05) is 35.3 Å². The van der Waals surface area contributed by atoms with Crippen LogP contribution in [0.25, 0.3) is 0 Å². The lowest BCUT2D eigenvalue weighted by Crippen LogP contribution is -2.05. The molecule has 0 radical (unpaired) electrons. The second kappa shape index (κ2) is 5.85. The van der Waals surface area contributed by atoms with Crippen LogP contribution in [-0.2, 0) is 11.3 Å². The lowest BCUT2D eigenvalue weighted by Gasteiger charge is -2.07. The standard InChI is InChI=1S/C13H9Cl2NO2/c14-11-5-1-3-10(12(11)15)8-18-13(17)9-4-2-6-16-7-9/h1-7H,8H2. The van der Waals surface area contributed by atoms with Gasteiger partial charge in [0.15, 0.2) is 0 Å². The number of pyridine rings is 1. The SMILES string of the molecule is O=C(OCc1cccc(Cl)c1Cl)c1cccnc1. The molecule has 0 saturated heterocycles. The molecule has 0 aliphatic rings. The Morgan fingerprint density at radius 3 is 2.78 bits per heavy atom. The highest BCUT2D eigenvalue weighted by atomic mass is 35.5. The molecule has 0 atom stereocenters. The normalized spacial score (nSPS) is 10.1. The van der Waals surface area contributed by atoms with Crippen LogP contribution in [-0.4, -0.2) is 11.0 Å². The second-order valence-corrected chi connectivity index (χ2v) is 4.32. The number of benzene rings is 1. The van der Waals surface area contributed by atoms with Crippen molar-refractivity contribution in [1.82, 2.24) is 4.98 Å². The third-order valence-electron chi connectivity index (χ3n) is 2.29. The van der Waals surface area contributed by atoms with Gasteiger partial charge in [-0.05, 0) is 18.2 Å². The van der Waals surface area contributed by atoms with E-state index in [9.17, 15) is 4.79 Å². The van der Waals surface area contributed by atoms with Crippen molar-refractivity contribution in [2.45, 2.75) is 6.61 Å². The van der Waals surface area contributed by atoms with E-state index in [1.807, 2.05) is 0 Å². The predicted molar refractivity (Wildman–Crippen MR) is 69.8 cm³/mol. The molecule has 0 unspecified atom stereocenters. The summed E-state index contributed by atoms with van der Waals surface area (Å²) in [5.74, 6) is -0.445. The van der Waals surface area contributed by atoms with E-state index in [0.717, 1.165) is 0 Å². The molecule has 1 heterocycles. The van der Waals surface area contributed by atoms with Crippen LogP contribution in [0.1, 0.15) is 15.9 Å². The Morgan fingerprint density at radius 1 is 1.22 bits per heavy atom. The molecule has 18 heavy (non-hydrogen) atoms. The average Bonchev–Trinajstić information content (AvgIpc) is 2.41. The Balaban J connectivity index is 2.04. The van der Waals surface area contributed by atoms with E-state index in [1.165, 1.54) is 6.20 Å². The molecule has 2 aromatic rings. The molecule has 0 fully saturated rings. The van der Waals surface area contributed by atoms with E-state index in [1.54, 1.807) is 36.5 Å². The number of esters is 1. The lowest BCUT2D eigenvalue weighted by molar-refractivity contribution is 0.0472. The molecule has 0 bridgehead atoms. The fraction of sp³-hybridized carbons (Fsp3) is 0.0769. The Morgan fingerprint density at radius 2 is 2.06 bits per heavy atom. The highest BCUT2D eigenvalue weighted by Crippen LogP contribution is 2.26. The van der Waals surface area contributed by atoms with Gasteiger partial charge in [0.1, 0.15) is 6.61 Å². The Bertz CT molecular complexity index is 558. The fourth-order valence-corrected chi connectivity index (χ4v) is 1.74. The first-order chi connectivity index (χ1) is 8.68. The molecule has 1 aromatic carbocycles. The van der Waals surface area contributed by atoms with E-state index < -0.39 is 5.97 Å². The number of hydrogen-bond acceptors (Lipinski definition) is 3. The maximum atomic E-state index is 11.7. The third kappa shape index (κ3) is 3.00. The quantitative estimate of drug-likeness (QED) is 0.805. The summed E-state index contributed by atoms with van der Waals surface area (Å²) in [6.45, 7) is 0.0765. The Kier molecular flexibility index (Phi) is 4.18. The van der Waals surface area contributed by atoms with Gasteiger partial charge in [-0.2, -0.15) is 0 Å². The topological polar surface area (TPSA) is 39.2 Å². The molecular weight excluding hydrogens is 273 g/mol. The van der Waals surface area contributed by atoms with Gasteiger partial charge < -0.3 is 4.74 Å². The van der Waals surface area contributed by atoms with E-state index >= 15 is 0 Å². The van der Waals surface area contributed by atoms with Crippen LogP contribution in [0.5, 0.6) is 0 Å². The van der Waals surface area contributed by atoms with Crippen molar-refractivity contribution in [3.63, 3.8) is 0 Å². The number of aromatic nitrogens is 1. The molecular formula is C13H9Cl2NO2. The minimum atomic E-state index is -0.445. The summed E-state index contributed by atoms with van der Waals surface area (Å²) in [4.78, 5) is 15.5. The molecule has 2 rings (SSSR count). The average molecular weight is 282 g/mol. The van der Waals surface area contributed by atoms with Gasteiger partial charge in [0, 0.05) is 18.0 Å². The fourth-order valence-electron chi connectivity index (χ4n) is 1.37. The number of halogens is 2. The van der Waals surface area contributed by atoms with E-state index in [0.29, 0.717) is 21.2 Å². The van der Waals surface area contributed by atoms with Gasteiger partial charge >= 0.3 is 5.97 Å². The molecule has 0 amide bonds. The number of rotatable bonds is 3. The van der Waals surface area contributed by atoms with Crippen LogP contribution >= 0.6 is 23.2 Å².